The van der Waals surface area contributed by atoms with Crippen LogP contribution in [0.15, 0.2) is 42.5 Å². The lowest BCUT2D eigenvalue weighted by Crippen LogP contribution is -2.32. The van der Waals surface area contributed by atoms with Crippen LogP contribution in [0, 0.1) is 6.92 Å². The quantitative estimate of drug-likeness (QED) is 0.779. The first kappa shape index (κ1) is 19.8. The Morgan fingerprint density at radius 2 is 1.92 bits per heavy atom. The molecule has 0 heterocycles. The Bertz CT molecular complexity index is 792. The fraction of sp³-hybridized carbons (Fsp3) is 0.300. The van der Waals surface area contributed by atoms with Gasteiger partial charge in [0.1, 0.15) is 5.75 Å². The number of para-hydroxylation sites is 2. The molecule has 6 heteroatoms. The molecule has 0 fully saturated rings. The van der Waals surface area contributed by atoms with Crippen molar-refractivity contribution in [3.05, 3.63) is 53.1 Å². The number of amides is 2. The molecule has 138 valence electrons. The number of nitrogens with one attached hydrogen (secondary N) is 1. The van der Waals surface area contributed by atoms with E-state index in [0.717, 1.165) is 5.56 Å². The number of benzene rings is 2. The molecule has 0 aliphatic carbocycles. The second-order valence-electron chi connectivity index (χ2n) is 5.83. The molecule has 5 nitrogen and oxygen atoms in total. The molecule has 2 aromatic carbocycles. The van der Waals surface area contributed by atoms with Crippen LogP contribution in [0.1, 0.15) is 25.8 Å². The van der Waals surface area contributed by atoms with E-state index < -0.39 is 0 Å². The van der Waals surface area contributed by atoms with Crippen LogP contribution in [0.5, 0.6) is 5.75 Å². The Morgan fingerprint density at radius 1 is 1.19 bits per heavy atom. The van der Waals surface area contributed by atoms with Crippen molar-refractivity contribution in [2.45, 2.75) is 27.2 Å². The molecular formula is C20H23ClN2O3. The van der Waals surface area contributed by atoms with Crippen molar-refractivity contribution in [3.63, 3.8) is 0 Å². The van der Waals surface area contributed by atoms with Crippen molar-refractivity contribution in [1.82, 2.24) is 0 Å². The number of carbonyl (C=O) groups is 2. The molecule has 0 saturated heterocycles. The summed E-state index contributed by atoms with van der Waals surface area (Å²) in [6.45, 7) is 6.00. The van der Waals surface area contributed by atoms with Crippen molar-refractivity contribution in [2.75, 3.05) is 23.4 Å². The van der Waals surface area contributed by atoms with Gasteiger partial charge in [0.15, 0.2) is 0 Å². The molecule has 0 spiro atoms. The maximum absolute atomic E-state index is 12.3. The third-order valence-corrected chi connectivity index (χ3v) is 4.10. The van der Waals surface area contributed by atoms with Gasteiger partial charge in [-0.2, -0.15) is 0 Å². The molecule has 0 radical (unpaired) electrons. The summed E-state index contributed by atoms with van der Waals surface area (Å²) in [5, 5.41) is 3.48. The van der Waals surface area contributed by atoms with Gasteiger partial charge in [0.2, 0.25) is 11.8 Å². The van der Waals surface area contributed by atoms with E-state index in [1.54, 1.807) is 23.1 Å². The second kappa shape index (κ2) is 9.25. The van der Waals surface area contributed by atoms with E-state index >= 15 is 0 Å². The average molecular weight is 375 g/mol. The topological polar surface area (TPSA) is 58.6 Å². The first-order valence-electron chi connectivity index (χ1n) is 8.48. The summed E-state index contributed by atoms with van der Waals surface area (Å²) >= 11 is 5.93. The van der Waals surface area contributed by atoms with E-state index in [4.69, 9.17) is 16.3 Å². The van der Waals surface area contributed by atoms with Crippen LogP contribution in [-0.2, 0) is 9.59 Å². The first-order valence-corrected chi connectivity index (χ1v) is 8.86. The van der Waals surface area contributed by atoms with Gasteiger partial charge in [-0.1, -0.05) is 23.7 Å². The van der Waals surface area contributed by atoms with Crippen molar-refractivity contribution < 1.29 is 14.3 Å². The molecule has 0 aliphatic heterocycles. The third kappa shape index (κ3) is 5.23. The summed E-state index contributed by atoms with van der Waals surface area (Å²) in [4.78, 5) is 25.9. The van der Waals surface area contributed by atoms with Gasteiger partial charge >= 0.3 is 0 Å². The van der Waals surface area contributed by atoms with E-state index in [1.165, 1.54) is 6.92 Å². The van der Waals surface area contributed by atoms with E-state index in [-0.39, 0.29) is 24.8 Å². The summed E-state index contributed by atoms with van der Waals surface area (Å²) in [6.07, 6.45) is 0.169. The number of anilines is 2. The third-order valence-electron chi connectivity index (χ3n) is 3.86. The summed E-state index contributed by atoms with van der Waals surface area (Å²) < 4.78 is 5.59. The fourth-order valence-corrected chi connectivity index (χ4v) is 2.83. The zero-order valence-electron chi connectivity index (χ0n) is 15.2. The lowest BCUT2D eigenvalue weighted by molar-refractivity contribution is -0.117. The molecule has 0 aliphatic rings. The first-order chi connectivity index (χ1) is 12.4. The minimum absolute atomic E-state index is 0.146. The van der Waals surface area contributed by atoms with Gasteiger partial charge in [0.25, 0.3) is 0 Å². The lowest BCUT2D eigenvalue weighted by Gasteiger charge is -2.23. The predicted octanol–water partition coefficient (Wildman–Crippen LogP) is 4.43. The number of rotatable bonds is 7. The summed E-state index contributed by atoms with van der Waals surface area (Å²) in [6, 6.07) is 12.6. The predicted molar refractivity (Wildman–Crippen MR) is 105 cm³/mol. The largest absolute Gasteiger partial charge is 0.492 e. The molecule has 0 aromatic heterocycles. The van der Waals surface area contributed by atoms with Gasteiger partial charge in [-0.05, 0) is 49.7 Å². The monoisotopic (exact) mass is 374 g/mol. The van der Waals surface area contributed by atoms with Crippen molar-refractivity contribution in [2.24, 2.45) is 0 Å². The van der Waals surface area contributed by atoms with Gasteiger partial charge < -0.3 is 15.0 Å². The Balaban J connectivity index is 2.07. The van der Waals surface area contributed by atoms with Crippen LogP contribution >= 0.6 is 11.6 Å². The highest BCUT2D eigenvalue weighted by atomic mass is 35.5. The van der Waals surface area contributed by atoms with Crippen LogP contribution in [-0.4, -0.2) is 25.0 Å². The molecule has 26 heavy (non-hydrogen) atoms. The Kier molecular flexibility index (Phi) is 7.04. The molecule has 0 atom stereocenters. The van der Waals surface area contributed by atoms with Gasteiger partial charge in [-0.15, -0.1) is 0 Å². The number of carbonyl (C=O) groups excluding carboxylic acids is 2. The summed E-state index contributed by atoms with van der Waals surface area (Å²) in [7, 11) is 0. The van der Waals surface area contributed by atoms with E-state index in [1.807, 2.05) is 38.1 Å². The van der Waals surface area contributed by atoms with Crippen LogP contribution in [0.4, 0.5) is 11.4 Å². The van der Waals surface area contributed by atoms with E-state index in [9.17, 15) is 9.59 Å². The molecule has 0 bridgehead atoms. The minimum atomic E-state index is -0.171. The highest BCUT2D eigenvalue weighted by Gasteiger charge is 2.17. The Hall–Kier alpha value is -2.53. The average Bonchev–Trinajstić information content (AvgIpc) is 2.59. The number of halogens is 1. The fourth-order valence-electron chi connectivity index (χ4n) is 2.60. The zero-order chi connectivity index (χ0) is 19.1. The molecule has 0 unspecified atom stereocenters. The van der Waals surface area contributed by atoms with Crippen LogP contribution < -0.4 is 15.0 Å². The van der Waals surface area contributed by atoms with Gasteiger partial charge in [-0.3, -0.25) is 9.59 Å². The maximum atomic E-state index is 12.3. The number of hydrogen-bond donors (Lipinski definition) is 1. The van der Waals surface area contributed by atoms with Crippen LogP contribution in [0.2, 0.25) is 5.02 Å². The van der Waals surface area contributed by atoms with Gasteiger partial charge in [0, 0.05) is 30.6 Å². The standard InChI is InChI=1S/C20H23ClN2O3/c1-4-26-19-8-6-5-7-18(19)23(15(3)24)12-11-20(25)22-17-10-9-16(21)13-14(17)2/h5-10,13H,4,11-12H2,1-3H3,(H,22,25). The minimum Gasteiger partial charge on any atom is -0.492 e. The number of hydrogen-bond acceptors (Lipinski definition) is 3. The van der Waals surface area contributed by atoms with E-state index in [0.29, 0.717) is 28.8 Å². The molecule has 0 saturated carbocycles. The normalized spacial score (nSPS) is 10.3. The molecule has 2 rings (SSSR count). The van der Waals surface area contributed by atoms with Crippen molar-refractivity contribution in [1.29, 1.82) is 0 Å². The highest BCUT2D eigenvalue weighted by molar-refractivity contribution is 6.30. The molecule has 2 aromatic rings. The Labute approximate surface area is 158 Å². The summed E-state index contributed by atoms with van der Waals surface area (Å²) in [5.74, 6) is 0.308. The molecule has 1 N–H and O–H groups in total. The smallest absolute Gasteiger partial charge is 0.226 e. The van der Waals surface area contributed by atoms with Crippen LogP contribution in [0.3, 0.4) is 0 Å². The number of nitrogens with zero attached hydrogens (tertiary/aromatic N) is 1. The van der Waals surface area contributed by atoms with E-state index in [2.05, 4.69) is 5.32 Å². The molecular weight excluding hydrogens is 352 g/mol. The Morgan fingerprint density at radius 3 is 2.58 bits per heavy atom. The lowest BCUT2D eigenvalue weighted by atomic mass is 10.2. The van der Waals surface area contributed by atoms with Gasteiger partial charge in [0.05, 0.1) is 12.3 Å². The zero-order valence-corrected chi connectivity index (χ0v) is 16.0. The molecule has 2 amide bonds. The second-order valence-corrected chi connectivity index (χ2v) is 6.27. The van der Waals surface area contributed by atoms with Crippen molar-refractivity contribution >= 4 is 34.8 Å². The van der Waals surface area contributed by atoms with Gasteiger partial charge in [-0.25, -0.2) is 0 Å². The SMILES string of the molecule is CCOc1ccccc1N(CCC(=O)Nc1ccc(Cl)cc1C)C(C)=O. The highest BCUT2D eigenvalue weighted by Crippen LogP contribution is 2.28. The van der Waals surface area contributed by atoms with Crippen LogP contribution in [0.25, 0.3) is 0 Å². The van der Waals surface area contributed by atoms with Crippen molar-refractivity contribution in [3.8, 4) is 5.75 Å². The number of ether oxygens (including phenoxy) is 1. The maximum Gasteiger partial charge on any atom is 0.226 e. The summed E-state index contributed by atoms with van der Waals surface area (Å²) in [5.41, 5.74) is 2.26. The number of aryl methyl sites for hydroxylation is 1.